The topological polar surface area (TPSA) is 47.3 Å². The molecule has 1 aromatic rings. The van der Waals surface area contributed by atoms with Crippen molar-refractivity contribution in [2.24, 2.45) is 11.1 Å². The summed E-state index contributed by atoms with van der Waals surface area (Å²) in [6.07, 6.45) is 1.03. The van der Waals surface area contributed by atoms with E-state index in [0.29, 0.717) is 4.99 Å². The highest BCUT2D eigenvalue weighted by Crippen LogP contribution is 2.22. The van der Waals surface area contributed by atoms with E-state index in [0.717, 1.165) is 36.4 Å². The van der Waals surface area contributed by atoms with Crippen LogP contribution in [0.3, 0.4) is 0 Å². The minimum Gasteiger partial charge on any atom is -0.389 e. The van der Waals surface area contributed by atoms with Crippen molar-refractivity contribution >= 4 is 22.9 Å². The molecule has 0 atom stereocenters. The summed E-state index contributed by atoms with van der Waals surface area (Å²) in [5.74, 6) is 0. The molecule has 0 amide bonds. The summed E-state index contributed by atoms with van der Waals surface area (Å²) in [7, 11) is 1.74. The molecule has 19 heavy (non-hydrogen) atoms. The highest BCUT2D eigenvalue weighted by molar-refractivity contribution is 7.80. The molecule has 0 bridgehead atoms. The van der Waals surface area contributed by atoms with Gasteiger partial charge in [0.05, 0.1) is 0 Å². The van der Waals surface area contributed by atoms with E-state index in [1.165, 1.54) is 0 Å². The molecule has 0 heterocycles. The van der Waals surface area contributed by atoms with E-state index in [4.69, 9.17) is 22.7 Å². The zero-order valence-electron chi connectivity index (χ0n) is 12.2. The molecule has 1 rings (SSSR count). The average Bonchev–Trinajstić information content (AvgIpc) is 2.34. The molecule has 0 fully saturated rings. The van der Waals surface area contributed by atoms with Gasteiger partial charge in [0.2, 0.25) is 0 Å². The third-order valence-electron chi connectivity index (χ3n) is 3.25. The molecule has 0 saturated heterocycles. The number of anilines is 1. The molecule has 0 aliphatic carbocycles. The Hall–Kier alpha value is -1.13. The minimum atomic E-state index is 0.200. The van der Waals surface area contributed by atoms with Crippen molar-refractivity contribution in [3.8, 4) is 0 Å². The van der Waals surface area contributed by atoms with Gasteiger partial charge in [-0.3, -0.25) is 0 Å². The monoisotopic (exact) mass is 280 g/mol. The molecule has 0 aromatic heterocycles. The lowest BCUT2D eigenvalue weighted by Gasteiger charge is -2.25. The Balaban J connectivity index is 2.63. The van der Waals surface area contributed by atoms with E-state index in [9.17, 15) is 0 Å². The molecular weight excluding hydrogens is 256 g/mol. The van der Waals surface area contributed by atoms with Crippen LogP contribution < -0.4 is 11.1 Å². The van der Waals surface area contributed by atoms with Crippen LogP contribution in [0.4, 0.5) is 5.69 Å². The molecule has 4 heteroatoms. The summed E-state index contributed by atoms with van der Waals surface area (Å²) in [5, 5.41) is 3.46. The number of nitrogens with two attached hydrogens (primary N) is 1. The molecule has 0 aliphatic rings. The average molecular weight is 280 g/mol. The molecule has 3 nitrogen and oxygen atoms in total. The first kappa shape index (κ1) is 15.9. The Morgan fingerprint density at radius 2 is 2.11 bits per heavy atom. The normalized spacial score (nSPS) is 11.4. The van der Waals surface area contributed by atoms with Crippen molar-refractivity contribution in [1.29, 1.82) is 0 Å². The van der Waals surface area contributed by atoms with Crippen LogP contribution >= 0.6 is 12.2 Å². The first-order valence-corrected chi connectivity index (χ1v) is 6.90. The molecule has 106 valence electrons. The lowest BCUT2D eigenvalue weighted by atomic mass is 9.89. The first-order chi connectivity index (χ1) is 8.85. The van der Waals surface area contributed by atoms with E-state index in [-0.39, 0.29) is 5.41 Å². The Morgan fingerprint density at radius 3 is 2.63 bits per heavy atom. The quantitative estimate of drug-likeness (QED) is 0.753. The van der Waals surface area contributed by atoms with Gasteiger partial charge in [-0.15, -0.1) is 0 Å². The van der Waals surface area contributed by atoms with Gasteiger partial charge in [0.25, 0.3) is 0 Å². The van der Waals surface area contributed by atoms with Crippen LogP contribution in [0, 0.1) is 12.3 Å². The fraction of sp³-hybridized carbons (Fsp3) is 0.533. The van der Waals surface area contributed by atoms with Crippen LogP contribution in [0.25, 0.3) is 0 Å². The molecule has 3 N–H and O–H groups in total. The fourth-order valence-electron chi connectivity index (χ4n) is 1.86. The van der Waals surface area contributed by atoms with Gasteiger partial charge >= 0.3 is 0 Å². The highest BCUT2D eigenvalue weighted by atomic mass is 32.1. The van der Waals surface area contributed by atoms with Gasteiger partial charge in [-0.05, 0) is 42.5 Å². The van der Waals surface area contributed by atoms with Crippen molar-refractivity contribution in [3.63, 3.8) is 0 Å². The zero-order chi connectivity index (χ0) is 14.5. The lowest BCUT2D eigenvalue weighted by Crippen LogP contribution is -2.24. The predicted octanol–water partition coefficient (Wildman–Crippen LogP) is 3.10. The van der Waals surface area contributed by atoms with E-state index in [1.54, 1.807) is 7.11 Å². The van der Waals surface area contributed by atoms with Crippen molar-refractivity contribution < 1.29 is 4.74 Å². The van der Waals surface area contributed by atoms with E-state index < -0.39 is 0 Å². The largest absolute Gasteiger partial charge is 0.389 e. The summed E-state index contributed by atoms with van der Waals surface area (Å²) >= 11 is 5.01. The maximum atomic E-state index is 5.66. The highest BCUT2D eigenvalue weighted by Gasteiger charge is 2.17. The van der Waals surface area contributed by atoms with Crippen LogP contribution in [0.15, 0.2) is 18.2 Å². The summed E-state index contributed by atoms with van der Waals surface area (Å²) in [4.78, 5) is 0.449. The summed E-state index contributed by atoms with van der Waals surface area (Å²) in [5.41, 5.74) is 9.01. The summed E-state index contributed by atoms with van der Waals surface area (Å²) in [6, 6.07) is 6.08. The molecule has 0 aliphatic heterocycles. The Bertz CT molecular complexity index is 444. The summed E-state index contributed by atoms with van der Waals surface area (Å²) in [6.45, 7) is 8.18. The number of ether oxygens (including phenoxy) is 1. The maximum absolute atomic E-state index is 5.66. The molecule has 0 radical (unpaired) electrons. The number of hydrogen-bond acceptors (Lipinski definition) is 3. The van der Waals surface area contributed by atoms with Crippen molar-refractivity contribution in [2.45, 2.75) is 27.2 Å². The Labute approximate surface area is 121 Å². The molecular formula is C15H24N2OS. The van der Waals surface area contributed by atoms with Crippen molar-refractivity contribution in [3.05, 3.63) is 29.3 Å². The number of hydrogen-bond donors (Lipinski definition) is 2. The van der Waals surface area contributed by atoms with Crippen LogP contribution in [0.2, 0.25) is 0 Å². The number of methoxy groups -OCH3 is 1. The predicted molar refractivity (Wildman–Crippen MR) is 85.8 cm³/mol. The number of aryl methyl sites for hydroxylation is 1. The standard InChI is InChI=1S/C15H24N2OS/c1-11-9-12(5-6-13(11)14(16)19)17-10-15(2,3)7-8-18-4/h5-6,9,17H,7-8,10H2,1-4H3,(H2,16,19). The van der Waals surface area contributed by atoms with Crippen molar-refractivity contribution in [2.75, 3.05) is 25.6 Å². The van der Waals surface area contributed by atoms with E-state index >= 15 is 0 Å². The number of thiocarbonyl (C=S) groups is 1. The van der Waals surface area contributed by atoms with Crippen molar-refractivity contribution in [1.82, 2.24) is 0 Å². The first-order valence-electron chi connectivity index (χ1n) is 6.49. The Morgan fingerprint density at radius 1 is 1.42 bits per heavy atom. The smallest absolute Gasteiger partial charge is 0.104 e. The second-order valence-electron chi connectivity index (χ2n) is 5.65. The van der Waals surface area contributed by atoms with E-state index in [2.05, 4.69) is 25.2 Å². The maximum Gasteiger partial charge on any atom is 0.104 e. The van der Waals surface area contributed by atoms with Crippen LogP contribution in [-0.2, 0) is 4.74 Å². The van der Waals surface area contributed by atoms with Gasteiger partial charge in [-0.1, -0.05) is 26.1 Å². The van der Waals surface area contributed by atoms with Gasteiger partial charge in [-0.2, -0.15) is 0 Å². The van der Waals surface area contributed by atoms with Gasteiger partial charge in [0.15, 0.2) is 0 Å². The number of nitrogens with one attached hydrogen (secondary N) is 1. The second kappa shape index (κ2) is 6.87. The second-order valence-corrected chi connectivity index (χ2v) is 6.09. The van der Waals surface area contributed by atoms with Crippen LogP contribution in [-0.4, -0.2) is 25.2 Å². The number of benzene rings is 1. The third-order valence-corrected chi connectivity index (χ3v) is 3.47. The van der Waals surface area contributed by atoms with Crippen LogP contribution in [0.1, 0.15) is 31.4 Å². The number of rotatable bonds is 7. The molecule has 0 unspecified atom stereocenters. The van der Waals surface area contributed by atoms with Gasteiger partial charge in [-0.25, -0.2) is 0 Å². The van der Waals surface area contributed by atoms with Crippen LogP contribution in [0.5, 0.6) is 0 Å². The van der Waals surface area contributed by atoms with Gasteiger partial charge in [0, 0.05) is 31.5 Å². The SMILES string of the molecule is COCCC(C)(C)CNc1ccc(C(N)=S)c(C)c1. The van der Waals surface area contributed by atoms with E-state index in [1.807, 2.05) is 19.1 Å². The fourth-order valence-corrected chi connectivity index (χ4v) is 2.09. The third kappa shape index (κ3) is 5.17. The van der Waals surface area contributed by atoms with Gasteiger partial charge < -0.3 is 15.8 Å². The lowest BCUT2D eigenvalue weighted by molar-refractivity contribution is 0.157. The van der Waals surface area contributed by atoms with Gasteiger partial charge in [0.1, 0.15) is 4.99 Å². The molecule has 1 aromatic carbocycles. The minimum absolute atomic E-state index is 0.200. The molecule has 0 saturated carbocycles. The molecule has 0 spiro atoms. The Kier molecular flexibility index (Phi) is 5.76. The summed E-state index contributed by atoms with van der Waals surface area (Å²) < 4.78 is 5.13. The zero-order valence-corrected chi connectivity index (χ0v) is 13.1.